The summed E-state index contributed by atoms with van der Waals surface area (Å²) in [4.78, 5) is 6.48. The van der Waals surface area contributed by atoms with Crippen molar-refractivity contribution in [3.63, 3.8) is 0 Å². The molecule has 0 amide bonds. The lowest BCUT2D eigenvalue weighted by Gasteiger charge is -2.19. The van der Waals surface area contributed by atoms with Gasteiger partial charge in [-0.25, -0.2) is 13.4 Å². The van der Waals surface area contributed by atoms with E-state index in [2.05, 4.69) is 16.9 Å². The van der Waals surface area contributed by atoms with E-state index in [1.807, 2.05) is 0 Å². The van der Waals surface area contributed by atoms with Crippen LogP contribution in [0.2, 0.25) is 0 Å². The summed E-state index contributed by atoms with van der Waals surface area (Å²) < 4.78 is 26.2. The Bertz CT molecular complexity index is 456. The van der Waals surface area contributed by atoms with E-state index >= 15 is 0 Å². The molecule has 0 aromatic carbocycles. The molecule has 1 fully saturated rings. The normalized spacial score (nSPS) is 22.8. The van der Waals surface area contributed by atoms with Crippen LogP contribution >= 0.6 is 0 Å². The van der Waals surface area contributed by atoms with E-state index in [1.54, 1.807) is 4.31 Å². The summed E-state index contributed by atoms with van der Waals surface area (Å²) in [5.41, 5.74) is 0. The number of hydrogen-bond donors (Lipinski definition) is 1. The minimum absolute atomic E-state index is 0.205. The Morgan fingerprint density at radius 3 is 2.94 bits per heavy atom. The third kappa shape index (κ3) is 2.92. The lowest BCUT2D eigenvalue weighted by Crippen LogP contribution is -2.32. The number of imidazole rings is 1. The number of rotatable bonds is 4. The summed E-state index contributed by atoms with van der Waals surface area (Å²) in [6.45, 7) is 3.44. The lowest BCUT2D eigenvalue weighted by atomic mass is 9.96. The molecule has 6 heteroatoms. The van der Waals surface area contributed by atoms with Crippen molar-refractivity contribution in [1.29, 1.82) is 0 Å². The zero-order valence-corrected chi connectivity index (χ0v) is 11.6. The molecule has 2 rings (SSSR count). The summed E-state index contributed by atoms with van der Waals surface area (Å²) in [6, 6.07) is 0. The monoisotopic (exact) mass is 271 g/mol. The van der Waals surface area contributed by atoms with Crippen LogP contribution in [-0.2, 0) is 10.0 Å². The molecule has 1 aliphatic heterocycles. The summed E-state index contributed by atoms with van der Waals surface area (Å²) in [5.74, 6) is 0.678. The summed E-state index contributed by atoms with van der Waals surface area (Å²) in [6.07, 6.45) is 8.24. The first-order chi connectivity index (χ1) is 8.64. The molecule has 18 heavy (non-hydrogen) atoms. The lowest BCUT2D eigenvalue weighted by molar-refractivity contribution is 0.399. The highest BCUT2D eigenvalue weighted by molar-refractivity contribution is 7.89. The van der Waals surface area contributed by atoms with Crippen molar-refractivity contribution in [2.75, 3.05) is 13.1 Å². The van der Waals surface area contributed by atoms with Gasteiger partial charge in [-0.15, -0.1) is 0 Å². The molecule has 1 saturated heterocycles. The second-order valence-corrected chi connectivity index (χ2v) is 6.81. The minimum atomic E-state index is -3.37. The zero-order valence-electron chi connectivity index (χ0n) is 10.8. The standard InChI is InChI=1S/C12H21N3O2S/c1-2-4-11-5-3-7-15(8-6-11)18(16,17)12-9-13-10-14-12/h9-11H,2-8H2,1H3,(H,13,14). The van der Waals surface area contributed by atoms with Crippen LogP contribution in [0.5, 0.6) is 0 Å². The Kier molecular flexibility index (Phi) is 4.40. The Labute approximate surface area is 109 Å². The highest BCUT2D eigenvalue weighted by Crippen LogP contribution is 2.24. The van der Waals surface area contributed by atoms with Gasteiger partial charge in [-0.3, -0.25) is 0 Å². The van der Waals surface area contributed by atoms with E-state index in [9.17, 15) is 8.42 Å². The fourth-order valence-electron chi connectivity index (χ4n) is 2.60. The van der Waals surface area contributed by atoms with Crippen molar-refractivity contribution in [1.82, 2.24) is 14.3 Å². The van der Waals surface area contributed by atoms with Gasteiger partial charge in [0.1, 0.15) is 0 Å². The first kappa shape index (κ1) is 13.5. The van der Waals surface area contributed by atoms with Gasteiger partial charge in [0.15, 0.2) is 5.03 Å². The van der Waals surface area contributed by atoms with Crippen LogP contribution in [-0.4, -0.2) is 35.8 Å². The van der Waals surface area contributed by atoms with Gasteiger partial charge in [-0.05, 0) is 25.2 Å². The molecule has 0 radical (unpaired) electrons. The smallest absolute Gasteiger partial charge is 0.260 e. The predicted molar refractivity (Wildman–Crippen MR) is 69.6 cm³/mol. The molecule has 102 valence electrons. The van der Waals surface area contributed by atoms with Crippen molar-refractivity contribution in [2.24, 2.45) is 5.92 Å². The molecule has 0 bridgehead atoms. The Morgan fingerprint density at radius 2 is 2.28 bits per heavy atom. The van der Waals surface area contributed by atoms with Crippen LogP contribution in [0.1, 0.15) is 39.0 Å². The first-order valence-corrected chi connectivity index (χ1v) is 8.07. The molecule has 5 nitrogen and oxygen atoms in total. The van der Waals surface area contributed by atoms with Gasteiger partial charge in [0.2, 0.25) is 0 Å². The third-order valence-corrected chi connectivity index (χ3v) is 5.42. The van der Waals surface area contributed by atoms with E-state index in [1.165, 1.54) is 25.4 Å². The molecule has 0 aliphatic carbocycles. The summed E-state index contributed by atoms with van der Waals surface area (Å²) in [7, 11) is -3.37. The molecule has 1 N–H and O–H groups in total. The fourth-order valence-corrected chi connectivity index (χ4v) is 3.99. The van der Waals surface area contributed by atoms with Crippen molar-refractivity contribution >= 4 is 10.0 Å². The van der Waals surface area contributed by atoms with Crippen molar-refractivity contribution < 1.29 is 8.42 Å². The Hall–Kier alpha value is -0.880. The van der Waals surface area contributed by atoms with Crippen molar-refractivity contribution in [3.8, 4) is 0 Å². The van der Waals surface area contributed by atoms with Crippen LogP contribution < -0.4 is 0 Å². The van der Waals surface area contributed by atoms with Gasteiger partial charge in [0.05, 0.1) is 12.5 Å². The van der Waals surface area contributed by atoms with Gasteiger partial charge in [-0.1, -0.05) is 19.8 Å². The second-order valence-electron chi connectivity index (χ2n) is 4.91. The zero-order chi connectivity index (χ0) is 13.0. The number of sulfonamides is 1. The number of aromatic nitrogens is 2. The fraction of sp³-hybridized carbons (Fsp3) is 0.750. The van der Waals surface area contributed by atoms with Crippen LogP contribution in [0, 0.1) is 5.92 Å². The van der Waals surface area contributed by atoms with Crippen LogP contribution in [0.25, 0.3) is 0 Å². The number of nitrogens with zero attached hydrogens (tertiary/aromatic N) is 2. The molecule has 0 saturated carbocycles. The van der Waals surface area contributed by atoms with E-state index in [4.69, 9.17) is 0 Å². The van der Waals surface area contributed by atoms with Gasteiger partial charge in [0.25, 0.3) is 10.0 Å². The average molecular weight is 271 g/mol. The van der Waals surface area contributed by atoms with Gasteiger partial charge >= 0.3 is 0 Å². The maximum absolute atomic E-state index is 12.3. The molecule has 2 heterocycles. The molecule has 1 aromatic rings. The maximum Gasteiger partial charge on any atom is 0.260 e. The Balaban J connectivity index is 2.06. The quantitative estimate of drug-likeness (QED) is 0.911. The maximum atomic E-state index is 12.3. The SMILES string of the molecule is CCCC1CCCN(S(=O)(=O)c2cnc[nH]2)CC1. The summed E-state index contributed by atoms with van der Waals surface area (Å²) in [5, 5.41) is 0.205. The van der Waals surface area contributed by atoms with Crippen LogP contribution in [0.4, 0.5) is 0 Å². The molecule has 1 unspecified atom stereocenters. The minimum Gasteiger partial charge on any atom is -0.335 e. The first-order valence-electron chi connectivity index (χ1n) is 6.63. The van der Waals surface area contributed by atoms with Gasteiger partial charge in [0, 0.05) is 13.1 Å². The molecule has 1 atom stereocenters. The third-order valence-electron chi connectivity index (χ3n) is 3.59. The van der Waals surface area contributed by atoms with Crippen LogP contribution in [0.15, 0.2) is 17.6 Å². The summed E-state index contributed by atoms with van der Waals surface area (Å²) >= 11 is 0. The highest BCUT2D eigenvalue weighted by atomic mass is 32.2. The van der Waals surface area contributed by atoms with Gasteiger partial charge in [-0.2, -0.15) is 4.31 Å². The Morgan fingerprint density at radius 1 is 1.44 bits per heavy atom. The van der Waals surface area contributed by atoms with E-state index in [-0.39, 0.29) is 5.03 Å². The van der Waals surface area contributed by atoms with E-state index in [0.29, 0.717) is 19.0 Å². The number of H-pyrrole nitrogens is 1. The van der Waals surface area contributed by atoms with Crippen molar-refractivity contribution in [2.45, 2.75) is 44.1 Å². The van der Waals surface area contributed by atoms with Crippen molar-refractivity contribution in [3.05, 3.63) is 12.5 Å². The molecular weight excluding hydrogens is 250 g/mol. The topological polar surface area (TPSA) is 66.1 Å². The molecule has 1 aromatic heterocycles. The number of hydrogen-bond acceptors (Lipinski definition) is 3. The molecular formula is C12H21N3O2S. The predicted octanol–water partition coefficient (Wildman–Crippen LogP) is 2.00. The second kappa shape index (κ2) is 5.84. The van der Waals surface area contributed by atoms with E-state index in [0.717, 1.165) is 19.3 Å². The number of aromatic amines is 1. The van der Waals surface area contributed by atoms with Gasteiger partial charge < -0.3 is 4.98 Å². The molecule has 1 aliphatic rings. The number of nitrogens with one attached hydrogen (secondary N) is 1. The highest BCUT2D eigenvalue weighted by Gasteiger charge is 2.28. The van der Waals surface area contributed by atoms with E-state index < -0.39 is 10.0 Å². The van der Waals surface area contributed by atoms with Crippen LogP contribution in [0.3, 0.4) is 0 Å². The molecule has 0 spiro atoms. The largest absolute Gasteiger partial charge is 0.335 e. The average Bonchev–Trinajstić information content (AvgIpc) is 2.78.